The fourth-order valence-electron chi connectivity index (χ4n) is 2.86. The topological polar surface area (TPSA) is 144 Å². The van der Waals surface area contributed by atoms with Crippen LogP contribution in [0.3, 0.4) is 0 Å². The number of carbonyl (C=O) groups is 2. The van der Waals surface area contributed by atoms with Gasteiger partial charge in [-0.3, -0.25) is 9.59 Å². The number of carboxylic acids is 1. The number of aliphatic hydroxyl groups is 2. The van der Waals surface area contributed by atoms with Gasteiger partial charge in [-0.05, 0) is 23.0 Å². The van der Waals surface area contributed by atoms with Crippen LogP contribution in [-0.4, -0.2) is 104 Å². The molecule has 0 aromatic heterocycles. The molecule has 0 radical (unpaired) electrons. The smallest absolute Gasteiger partial charge is 0.305 e. The molecule has 0 aliphatic carbocycles. The summed E-state index contributed by atoms with van der Waals surface area (Å²) < 4.78 is 21.3. The Bertz CT molecular complexity index is 719. The highest BCUT2D eigenvalue weighted by Crippen LogP contribution is 2.52. The summed E-state index contributed by atoms with van der Waals surface area (Å²) in [4.78, 5) is 23.7. The first-order valence-electron chi connectivity index (χ1n) is 11.3. The molecular formula is C23H39NO9S. The van der Waals surface area contributed by atoms with Crippen LogP contribution in [0, 0.1) is 0 Å². The molecule has 1 aromatic carbocycles. The van der Waals surface area contributed by atoms with E-state index in [0.717, 1.165) is 10.6 Å². The predicted octanol–water partition coefficient (Wildman–Crippen LogP) is 1.14. The van der Waals surface area contributed by atoms with Gasteiger partial charge in [-0.25, -0.2) is 10.0 Å². The zero-order chi connectivity index (χ0) is 25.2. The minimum atomic E-state index is -1.53. The lowest BCUT2D eigenvalue weighted by Gasteiger charge is -2.35. The number of rotatable bonds is 20. The maximum Gasteiger partial charge on any atom is 0.305 e. The Morgan fingerprint density at radius 1 is 0.941 bits per heavy atom. The molecule has 1 atom stereocenters. The maximum absolute atomic E-state index is 12.4. The predicted molar refractivity (Wildman–Crippen MR) is 129 cm³/mol. The van der Waals surface area contributed by atoms with Crippen molar-refractivity contribution >= 4 is 21.9 Å². The second-order valence-corrected chi connectivity index (χ2v) is 11.5. The van der Waals surface area contributed by atoms with Crippen molar-refractivity contribution in [3.05, 3.63) is 29.8 Å². The van der Waals surface area contributed by atoms with Crippen molar-refractivity contribution in [3.8, 4) is 0 Å². The standard InChI is InChI=1S/C23H39NO9S/c1-3-34(2,20-6-4-5-19(17-20)23(28)29)18-21(25)24-8-10-31-12-14-33-16-15-32-13-11-30-9-7-22(26)27/h4-6,17,23,28-29H,3,7-16,18H2,1-2H3,(H,24,25)(H,26,27). The minimum Gasteiger partial charge on any atom is -0.481 e. The molecule has 0 bridgehead atoms. The summed E-state index contributed by atoms with van der Waals surface area (Å²) >= 11 is 0. The number of hydrogen-bond acceptors (Lipinski definition) is 8. The van der Waals surface area contributed by atoms with Crippen LogP contribution in [0.1, 0.15) is 25.2 Å². The zero-order valence-electron chi connectivity index (χ0n) is 20.1. The Morgan fingerprint density at radius 3 is 2.03 bits per heavy atom. The van der Waals surface area contributed by atoms with Gasteiger partial charge < -0.3 is 39.6 Å². The number of carboxylic acid groups (broad SMARTS) is 1. The van der Waals surface area contributed by atoms with Crippen molar-refractivity contribution < 1.29 is 43.9 Å². The number of amides is 1. The molecule has 10 nitrogen and oxygen atoms in total. The van der Waals surface area contributed by atoms with E-state index in [0.29, 0.717) is 64.1 Å². The van der Waals surface area contributed by atoms with Gasteiger partial charge in [-0.15, -0.1) is 0 Å². The largest absolute Gasteiger partial charge is 0.481 e. The highest BCUT2D eigenvalue weighted by molar-refractivity contribution is 8.33. The average Bonchev–Trinajstić information content (AvgIpc) is 2.81. The lowest BCUT2D eigenvalue weighted by Crippen LogP contribution is -2.32. The molecular weight excluding hydrogens is 466 g/mol. The van der Waals surface area contributed by atoms with Gasteiger partial charge in [-0.1, -0.05) is 25.1 Å². The summed E-state index contributed by atoms with van der Waals surface area (Å²) in [7, 11) is -1.42. The van der Waals surface area contributed by atoms with Gasteiger partial charge in [0.2, 0.25) is 5.91 Å². The fraction of sp³-hybridized carbons (Fsp3) is 0.652. The molecule has 1 aromatic rings. The van der Waals surface area contributed by atoms with E-state index in [9.17, 15) is 19.8 Å². The Labute approximate surface area is 202 Å². The van der Waals surface area contributed by atoms with E-state index in [1.54, 1.807) is 18.2 Å². The number of carbonyl (C=O) groups excluding carboxylic acids is 1. The monoisotopic (exact) mass is 505 g/mol. The zero-order valence-corrected chi connectivity index (χ0v) is 20.9. The molecule has 0 aliphatic heterocycles. The van der Waals surface area contributed by atoms with Crippen LogP contribution in [0.15, 0.2) is 29.2 Å². The molecule has 0 fully saturated rings. The van der Waals surface area contributed by atoms with E-state index in [1.165, 1.54) is 0 Å². The van der Waals surface area contributed by atoms with E-state index in [1.807, 2.05) is 13.0 Å². The van der Waals surface area contributed by atoms with Crippen molar-refractivity contribution in [1.82, 2.24) is 5.32 Å². The molecule has 1 rings (SSSR count). The van der Waals surface area contributed by atoms with E-state index in [2.05, 4.69) is 11.6 Å². The highest BCUT2D eigenvalue weighted by atomic mass is 32.3. The van der Waals surface area contributed by atoms with Crippen LogP contribution in [0.2, 0.25) is 0 Å². The Morgan fingerprint density at radius 2 is 1.50 bits per heavy atom. The molecule has 0 saturated carbocycles. The van der Waals surface area contributed by atoms with Crippen LogP contribution in [-0.2, 0) is 28.5 Å². The first-order chi connectivity index (χ1) is 16.3. The van der Waals surface area contributed by atoms with Gasteiger partial charge in [0.25, 0.3) is 0 Å². The van der Waals surface area contributed by atoms with Crippen LogP contribution in [0.4, 0.5) is 0 Å². The summed E-state index contributed by atoms with van der Waals surface area (Å²) in [6, 6.07) is 7.13. The lowest BCUT2D eigenvalue weighted by atomic mass is 10.2. The molecule has 0 aliphatic rings. The molecule has 0 saturated heterocycles. The van der Waals surface area contributed by atoms with Crippen LogP contribution in [0.25, 0.3) is 0 Å². The van der Waals surface area contributed by atoms with Crippen LogP contribution in [0.5, 0.6) is 0 Å². The maximum atomic E-state index is 12.4. The van der Waals surface area contributed by atoms with Gasteiger partial charge in [0.05, 0.1) is 65.0 Å². The summed E-state index contributed by atoms with van der Waals surface area (Å²) in [6.45, 7) is 5.37. The third kappa shape index (κ3) is 13.2. The highest BCUT2D eigenvalue weighted by Gasteiger charge is 2.23. The number of hydrogen-bond donors (Lipinski definition) is 4. The van der Waals surface area contributed by atoms with Crippen LogP contribution >= 0.6 is 10.0 Å². The summed E-state index contributed by atoms with van der Waals surface area (Å²) in [5.41, 5.74) is 0.425. The third-order valence-corrected chi connectivity index (χ3v) is 8.52. The van der Waals surface area contributed by atoms with Crippen molar-refractivity contribution in [2.24, 2.45) is 0 Å². The normalized spacial score (nSPS) is 14.0. The molecule has 196 valence electrons. The van der Waals surface area contributed by atoms with Crippen LogP contribution < -0.4 is 5.32 Å². The minimum absolute atomic E-state index is 0.0163. The summed E-state index contributed by atoms with van der Waals surface area (Å²) in [5, 5.41) is 30.2. The quantitative estimate of drug-likeness (QED) is 0.151. The third-order valence-electron chi connectivity index (χ3n) is 4.96. The number of aliphatic hydroxyl groups excluding tert-OH is 1. The fourth-order valence-corrected chi connectivity index (χ4v) is 5.07. The van der Waals surface area contributed by atoms with Gasteiger partial charge in [-0.2, -0.15) is 0 Å². The van der Waals surface area contributed by atoms with Crippen molar-refractivity contribution in [2.45, 2.75) is 24.5 Å². The van der Waals surface area contributed by atoms with E-state index >= 15 is 0 Å². The Balaban J connectivity index is 2.08. The number of ether oxygens (including phenoxy) is 4. The second-order valence-electron chi connectivity index (χ2n) is 7.60. The van der Waals surface area contributed by atoms with Gasteiger partial charge in [0, 0.05) is 12.1 Å². The lowest BCUT2D eigenvalue weighted by molar-refractivity contribution is -0.138. The van der Waals surface area contributed by atoms with E-state index in [-0.39, 0.29) is 18.9 Å². The van der Waals surface area contributed by atoms with Gasteiger partial charge in [0.1, 0.15) is 0 Å². The molecule has 0 heterocycles. The molecule has 4 N–H and O–H groups in total. The Hall–Kier alpha value is -1.73. The first-order valence-corrected chi connectivity index (χ1v) is 13.7. The Kier molecular flexibility index (Phi) is 15.7. The molecule has 0 spiro atoms. The van der Waals surface area contributed by atoms with Crippen molar-refractivity contribution in [3.63, 3.8) is 0 Å². The van der Waals surface area contributed by atoms with Crippen molar-refractivity contribution in [1.29, 1.82) is 0 Å². The molecule has 1 amide bonds. The second kappa shape index (κ2) is 17.7. The van der Waals surface area contributed by atoms with Crippen molar-refractivity contribution in [2.75, 3.05) is 77.2 Å². The van der Waals surface area contributed by atoms with Gasteiger partial charge >= 0.3 is 5.97 Å². The van der Waals surface area contributed by atoms with Gasteiger partial charge in [0.15, 0.2) is 6.29 Å². The summed E-state index contributed by atoms with van der Waals surface area (Å²) in [5.74, 6) is 0.226. The number of aliphatic carboxylic acids is 1. The number of nitrogens with one attached hydrogen (secondary N) is 1. The molecule has 1 unspecified atom stereocenters. The number of benzene rings is 1. The van der Waals surface area contributed by atoms with E-state index in [4.69, 9.17) is 24.1 Å². The van der Waals surface area contributed by atoms with E-state index < -0.39 is 22.3 Å². The molecule has 34 heavy (non-hydrogen) atoms. The molecule has 11 heteroatoms. The first kappa shape index (κ1) is 30.3. The summed E-state index contributed by atoms with van der Waals surface area (Å²) in [6.07, 6.45) is 0.524. The average molecular weight is 506 g/mol. The SMILES string of the molecule is CCS(C)(CC(=O)NCCOCCOCCOCCOCCC(=O)O)c1cccc(C(O)O)c1.